The van der Waals surface area contributed by atoms with Crippen molar-refractivity contribution in [2.24, 2.45) is 17.8 Å². The van der Waals surface area contributed by atoms with Gasteiger partial charge in [-0.1, -0.05) is 13.3 Å². The van der Waals surface area contributed by atoms with Crippen LogP contribution in [0.2, 0.25) is 0 Å². The Morgan fingerprint density at radius 3 is 2.50 bits per heavy atom. The second-order valence-electron chi connectivity index (χ2n) is 6.34. The van der Waals surface area contributed by atoms with Crippen LogP contribution in [0.4, 0.5) is 0 Å². The van der Waals surface area contributed by atoms with Gasteiger partial charge in [-0.3, -0.25) is 4.79 Å². The molecule has 1 heterocycles. The SMILES string of the molecule is CC(CC(=O)NC(C)C1CCC1)C1CCCNC1. The van der Waals surface area contributed by atoms with Crippen LogP contribution in [0, 0.1) is 17.8 Å². The molecule has 3 nitrogen and oxygen atoms in total. The first-order valence-electron chi connectivity index (χ1n) is 7.67. The first kappa shape index (κ1) is 13.9. The fourth-order valence-electron chi connectivity index (χ4n) is 3.19. The van der Waals surface area contributed by atoms with Gasteiger partial charge in [0.25, 0.3) is 0 Å². The maximum atomic E-state index is 12.0. The lowest BCUT2D eigenvalue weighted by Crippen LogP contribution is -2.42. The van der Waals surface area contributed by atoms with E-state index in [0.29, 0.717) is 24.3 Å². The molecule has 0 aromatic rings. The summed E-state index contributed by atoms with van der Waals surface area (Å²) in [5.41, 5.74) is 0. The van der Waals surface area contributed by atoms with Gasteiger partial charge in [0, 0.05) is 12.5 Å². The Bertz CT molecular complexity index is 270. The van der Waals surface area contributed by atoms with Crippen molar-refractivity contribution in [1.29, 1.82) is 0 Å². The van der Waals surface area contributed by atoms with Crippen molar-refractivity contribution < 1.29 is 4.79 Å². The number of piperidine rings is 1. The molecule has 2 fully saturated rings. The zero-order chi connectivity index (χ0) is 13.0. The summed E-state index contributed by atoms with van der Waals surface area (Å²) in [6, 6.07) is 0.378. The van der Waals surface area contributed by atoms with Crippen molar-refractivity contribution in [2.75, 3.05) is 13.1 Å². The molecule has 0 bridgehead atoms. The van der Waals surface area contributed by atoms with Crippen LogP contribution in [0.5, 0.6) is 0 Å². The summed E-state index contributed by atoms with van der Waals surface area (Å²) in [6.07, 6.45) is 7.17. The van der Waals surface area contributed by atoms with Gasteiger partial charge in [0.2, 0.25) is 5.91 Å². The van der Waals surface area contributed by atoms with Gasteiger partial charge in [-0.05, 0) is 63.5 Å². The molecule has 1 aliphatic heterocycles. The molecule has 104 valence electrons. The molecule has 18 heavy (non-hydrogen) atoms. The average Bonchev–Trinajstić information content (AvgIpc) is 2.27. The summed E-state index contributed by atoms with van der Waals surface area (Å²) >= 11 is 0. The summed E-state index contributed by atoms with van der Waals surface area (Å²) < 4.78 is 0. The monoisotopic (exact) mass is 252 g/mol. The summed E-state index contributed by atoms with van der Waals surface area (Å²) in [5.74, 6) is 2.18. The fourth-order valence-corrected chi connectivity index (χ4v) is 3.19. The number of carbonyl (C=O) groups is 1. The van der Waals surface area contributed by atoms with Crippen LogP contribution < -0.4 is 10.6 Å². The van der Waals surface area contributed by atoms with Crippen LogP contribution in [-0.2, 0) is 4.79 Å². The lowest BCUT2D eigenvalue weighted by Gasteiger charge is -2.33. The van der Waals surface area contributed by atoms with Crippen molar-refractivity contribution in [3.05, 3.63) is 0 Å². The zero-order valence-corrected chi connectivity index (χ0v) is 11.9. The number of hydrogen-bond donors (Lipinski definition) is 2. The molecule has 3 atom stereocenters. The number of rotatable bonds is 5. The minimum atomic E-state index is 0.257. The van der Waals surface area contributed by atoms with Crippen molar-refractivity contribution in [2.45, 2.75) is 58.4 Å². The smallest absolute Gasteiger partial charge is 0.220 e. The standard InChI is InChI=1S/C15H28N2O/c1-11(14-7-4-8-16-10-14)9-15(18)17-12(2)13-5-3-6-13/h11-14,16H,3-10H2,1-2H3,(H,17,18). The molecular weight excluding hydrogens is 224 g/mol. The van der Waals surface area contributed by atoms with Crippen molar-refractivity contribution >= 4 is 5.91 Å². The van der Waals surface area contributed by atoms with Gasteiger partial charge in [-0.25, -0.2) is 0 Å². The first-order chi connectivity index (χ1) is 8.66. The van der Waals surface area contributed by atoms with E-state index in [-0.39, 0.29) is 5.91 Å². The molecule has 2 rings (SSSR count). The van der Waals surface area contributed by atoms with Crippen LogP contribution in [-0.4, -0.2) is 25.0 Å². The highest BCUT2D eigenvalue weighted by Crippen LogP contribution is 2.29. The van der Waals surface area contributed by atoms with Crippen LogP contribution in [0.25, 0.3) is 0 Å². The van der Waals surface area contributed by atoms with E-state index in [2.05, 4.69) is 24.5 Å². The van der Waals surface area contributed by atoms with Gasteiger partial charge >= 0.3 is 0 Å². The van der Waals surface area contributed by atoms with Gasteiger partial charge < -0.3 is 10.6 Å². The summed E-state index contributed by atoms with van der Waals surface area (Å²) in [4.78, 5) is 12.0. The molecule has 1 saturated carbocycles. The van der Waals surface area contributed by atoms with Crippen molar-refractivity contribution in [1.82, 2.24) is 10.6 Å². The van der Waals surface area contributed by atoms with Crippen LogP contribution in [0.1, 0.15) is 52.4 Å². The molecular formula is C15H28N2O. The molecule has 0 aromatic heterocycles. The number of nitrogens with one attached hydrogen (secondary N) is 2. The lowest BCUT2D eigenvalue weighted by molar-refractivity contribution is -0.123. The highest BCUT2D eigenvalue weighted by atomic mass is 16.1. The average molecular weight is 252 g/mol. The van der Waals surface area contributed by atoms with Gasteiger partial charge in [0.15, 0.2) is 0 Å². The van der Waals surface area contributed by atoms with Crippen LogP contribution in [0.3, 0.4) is 0 Å². The quantitative estimate of drug-likeness (QED) is 0.788. The summed E-state index contributed by atoms with van der Waals surface area (Å²) in [5, 5.41) is 6.63. The van der Waals surface area contributed by atoms with Gasteiger partial charge in [0.05, 0.1) is 0 Å². The first-order valence-corrected chi connectivity index (χ1v) is 7.67. The number of amides is 1. The number of carbonyl (C=O) groups excluding carboxylic acids is 1. The Balaban J connectivity index is 1.68. The Hall–Kier alpha value is -0.570. The Kier molecular flexibility index (Phi) is 5.04. The third-order valence-corrected chi connectivity index (χ3v) is 4.89. The molecule has 2 N–H and O–H groups in total. The molecule has 0 aromatic carbocycles. The highest BCUT2D eigenvalue weighted by molar-refractivity contribution is 5.76. The second-order valence-corrected chi connectivity index (χ2v) is 6.34. The minimum absolute atomic E-state index is 0.257. The normalized spacial score (nSPS) is 28.2. The number of hydrogen-bond acceptors (Lipinski definition) is 2. The molecule has 0 radical (unpaired) electrons. The molecule has 3 unspecified atom stereocenters. The van der Waals surface area contributed by atoms with E-state index in [1.54, 1.807) is 0 Å². The minimum Gasteiger partial charge on any atom is -0.353 e. The summed E-state index contributed by atoms with van der Waals surface area (Å²) in [6.45, 7) is 6.63. The topological polar surface area (TPSA) is 41.1 Å². The predicted octanol–water partition coefficient (Wildman–Crippen LogP) is 2.32. The molecule has 1 amide bonds. The fraction of sp³-hybridized carbons (Fsp3) is 0.933. The molecule has 2 aliphatic rings. The second kappa shape index (κ2) is 6.55. The molecule has 1 aliphatic carbocycles. The van der Waals surface area contributed by atoms with E-state index in [1.807, 2.05) is 0 Å². The van der Waals surface area contributed by atoms with Gasteiger partial charge in [0.1, 0.15) is 0 Å². The zero-order valence-electron chi connectivity index (χ0n) is 11.9. The molecule has 3 heteroatoms. The summed E-state index contributed by atoms with van der Waals surface area (Å²) in [7, 11) is 0. The van der Waals surface area contributed by atoms with E-state index in [1.165, 1.54) is 32.1 Å². The maximum absolute atomic E-state index is 12.0. The van der Waals surface area contributed by atoms with Crippen molar-refractivity contribution in [3.8, 4) is 0 Å². The maximum Gasteiger partial charge on any atom is 0.220 e. The van der Waals surface area contributed by atoms with E-state index >= 15 is 0 Å². The van der Waals surface area contributed by atoms with Crippen LogP contribution >= 0.6 is 0 Å². The van der Waals surface area contributed by atoms with E-state index in [9.17, 15) is 4.79 Å². The third kappa shape index (κ3) is 3.71. The largest absolute Gasteiger partial charge is 0.353 e. The molecule has 1 saturated heterocycles. The van der Waals surface area contributed by atoms with E-state index in [0.717, 1.165) is 19.0 Å². The van der Waals surface area contributed by atoms with Crippen LogP contribution in [0.15, 0.2) is 0 Å². The predicted molar refractivity (Wildman–Crippen MR) is 74.3 cm³/mol. The van der Waals surface area contributed by atoms with E-state index < -0.39 is 0 Å². The molecule has 0 spiro atoms. The van der Waals surface area contributed by atoms with E-state index in [4.69, 9.17) is 0 Å². The Labute approximate surface area is 111 Å². The third-order valence-electron chi connectivity index (χ3n) is 4.89. The lowest BCUT2D eigenvalue weighted by atomic mass is 9.80. The van der Waals surface area contributed by atoms with Gasteiger partial charge in [-0.2, -0.15) is 0 Å². The van der Waals surface area contributed by atoms with Gasteiger partial charge in [-0.15, -0.1) is 0 Å². The Morgan fingerprint density at radius 2 is 1.94 bits per heavy atom. The Morgan fingerprint density at radius 1 is 1.22 bits per heavy atom. The highest BCUT2D eigenvalue weighted by Gasteiger charge is 2.26. The van der Waals surface area contributed by atoms with Crippen molar-refractivity contribution in [3.63, 3.8) is 0 Å².